The highest BCUT2D eigenvalue weighted by Crippen LogP contribution is 2.30. The number of hydrogen-bond donors (Lipinski definition) is 1. The third-order valence-electron chi connectivity index (χ3n) is 5.68. The first-order valence-electron chi connectivity index (χ1n) is 10.6. The first kappa shape index (κ1) is 21.5. The number of ether oxygens (including phenoxy) is 1. The van der Waals surface area contributed by atoms with Crippen LogP contribution in [0.1, 0.15) is 23.6 Å². The van der Waals surface area contributed by atoms with Gasteiger partial charge in [0.2, 0.25) is 0 Å². The van der Waals surface area contributed by atoms with E-state index in [1.807, 2.05) is 24.3 Å². The van der Waals surface area contributed by atoms with Crippen molar-refractivity contribution >= 4 is 0 Å². The third kappa shape index (κ3) is 5.49. The van der Waals surface area contributed by atoms with Gasteiger partial charge in [0.15, 0.2) is 0 Å². The van der Waals surface area contributed by atoms with Crippen LogP contribution in [0.25, 0.3) is 11.1 Å². The molecule has 0 aromatic heterocycles. The molecule has 3 aromatic carbocycles. The Morgan fingerprint density at radius 3 is 2.45 bits per heavy atom. The Morgan fingerprint density at radius 1 is 0.968 bits per heavy atom. The van der Waals surface area contributed by atoms with Crippen LogP contribution in [0.15, 0.2) is 72.8 Å². The van der Waals surface area contributed by atoms with Gasteiger partial charge in [-0.1, -0.05) is 60.7 Å². The Morgan fingerprint density at radius 2 is 1.71 bits per heavy atom. The fourth-order valence-corrected chi connectivity index (χ4v) is 3.97. The maximum Gasteiger partial charge on any atom is 0.270 e. The lowest BCUT2D eigenvalue weighted by molar-refractivity contribution is 0.0175. The molecule has 1 atom stereocenters. The van der Waals surface area contributed by atoms with E-state index in [0.717, 1.165) is 37.6 Å². The molecule has 1 aliphatic rings. The van der Waals surface area contributed by atoms with Gasteiger partial charge in [0, 0.05) is 32.1 Å². The monoisotopic (exact) mass is 423 g/mol. The SMILES string of the molecule is CC(F)(F)c1ccc(-c2cccc(OCC(O)CN3CCc4ccccc4C3)c2)cc1. The molecule has 0 fully saturated rings. The van der Waals surface area contributed by atoms with Crippen molar-refractivity contribution in [1.82, 2.24) is 4.90 Å². The third-order valence-corrected chi connectivity index (χ3v) is 5.68. The van der Waals surface area contributed by atoms with Crippen LogP contribution < -0.4 is 4.74 Å². The lowest BCUT2D eigenvalue weighted by Gasteiger charge is -2.30. The van der Waals surface area contributed by atoms with Crippen molar-refractivity contribution in [2.45, 2.75) is 31.9 Å². The largest absolute Gasteiger partial charge is 0.491 e. The van der Waals surface area contributed by atoms with Gasteiger partial charge in [-0.2, -0.15) is 0 Å². The molecule has 0 saturated carbocycles. The van der Waals surface area contributed by atoms with E-state index >= 15 is 0 Å². The first-order valence-corrected chi connectivity index (χ1v) is 10.6. The van der Waals surface area contributed by atoms with Crippen molar-refractivity contribution in [3.63, 3.8) is 0 Å². The van der Waals surface area contributed by atoms with Crippen LogP contribution in [0.3, 0.4) is 0 Å². The highest BCUT2D eigenvalue weighted by atomic mass is 19.3. The Balaban J connectivity index is 1.33. The lowest BCUT2D eigenvalue weighted by Crippen LogP contribution is -2.38. The van der Waals surface area contributed by atoms with Crippen LogP contribution in [-0.2, 0) is 18.9 Å². The predicted molar refractivity (Wildman–Crippen MR) is 118 cm³/mol. The lowest BCUT2D eigenvalue weighted by atomic mass is 10.00. The van der Waals surface area contributed by atoms with E-state index in [-0.39, 0.29) is 12.2 Å². The van der Waals surface area contributed by atoms with Gasteiger partial charge in [0.05, 0.1) is 0 Å². The van der Waals surface area contributed by atoms with Gasteiger partial charge in [-0.3, -0.25) is 4.90 Å². The molecule has 3 aromatic rings. The normalized spacial score (nSPS) is 15.4. The zero-order valence-electron chi connectivity index (χ0n) is 17.6. The summed E-state index contributed by atoms with van der Waals surface area (Å²) in [5, 5.41) is 10.5. The zero-order chi connectivity index (χ0) is 21.8. The molecule has 0 saturated heterocycles. The summed E-state index contributed by atoms with van der Waals surface area (Å²) in [6.07, 6.45) is 0.397. The summed E-state index contributed by atoms with van der Waals surface area (Å²) in [7, 11) is 0. The fourth-order valence-electron chi connectivity index (χ4n) is 3.97. The van der Waals surface area contributed by atoms with Crippen LogP contribution in [0, 0.1) is 0 Å². The molecule has 0 amide bonds. The van der Waals surface area contributed by atoms with Crippen molar-refractivity contribution in [3.8, 4) is 16.9 Å². The minimum absolute atomic E-state index is 0.00730. The average molecular weight is 424 g/mol. The highest BCUT2D eigenvalue weighted by molar-refractivity contribution is 5.65. The van der Waals surface area contributed by atoms with Crippen molar-refractivity contribution in [1.29, 1.82) is 0 Å². The summed E-state index contributed by atoms with van der Waals surface area (Å²) in [5.41, 5.74) is 4.42. The van der Waals surface area contributed by atoms with Gasteiger partial charge < -0.3 is 9.84 Å². The van der Waals surface area contributed by atoms with E-state index in [2.05, 4.69) is 29.2 Å². The average Bonchev–Trinajstić information content (AvgIpc) is 2.77. The number of nitrogens with zero attached hydrogens (tertiary/aromatic N) is 1. The highest BCUT2D eigenvalue weighted by Gasteiger charge is 2.23. The molecule has 3 nitrogen and oxygen atoms in total. The number of aliphatic hydroxyl groups is 1. The van der Waals surface area contributed by atoms with Gasteiger partial charge >= 0.3 is 0 Å². The Kier molecular flexibility index (Phi) is 6.35. The number of fused-ring (bicyclic) bond motifs is 1. The molecule has 1 aliphatic heterocycles. The summed E-state index contributed by atoms with van der Waals surface area (Å²) in [5.74, 6) is -2.21. The van der Waals surface area contributed by atoms with Gasteiger partial charge in [-0.15, -0.1) is 0 Å². The maximum absolute atomic E-state index is 13.4. The molecule has 162 valence electrons. The molecule has 1 unspecified atom stereocenters. The van der Waals surface area contributed by atoms with E-state index in [1.165, 1.54) is 23.3 Å². The minimum Gasteiger partial charge on any atom is -0.491 e. The molecule has 0 bridgehead atoms. The van der Waals surface area contributed by atoms with Gasteiger partial charge in [-0.25, -0.2) is 8.78 Å². The summed E-state index contributed by atoms with van der Waals surface area (Å²) in [4.78, 5) is 2.25. The second-order valence-corrected chi connectivity index (χ2v) is 8.21. The minimum atomic E-state index is -2.85. The second kappa shape index (κ2) is 9.16. The van der Waals surface area contributed by atoms with Crippen LogP contribution in [0.4, 0.5) is 8.78 Å². The first-order chi connectivity index (χ1) is 14.9. The van der Waals surface area contributed by atoms with E-state index in [9.17, 15) is 13.9 Å². The van der Waals surface area contributed by atoms with Crippen molar-refractivity contribution in [2.24, 2.45) is 0 Å². The summed E-state index contributed by atoms with van der Waals surface area (Å²) < 4.78 is 32.7. The number of benzene rings is 3. The van der Waals surface area contributed by atoms with Crippen LogP contribution >= 0.6 is 0 Å². The van der Waals surface area contributed by atoms with Crippen LogP contribution in [0.2, 0.25) is 0 Å². The molecule has 0 radical (unpaired) electrons. The molecule has 1 heterocycles. The van der Waals surface area contributed by atoms with Crippen LogP contribution in [0.5, 0.6) is 5.75 Å². The van der Waals surface area contributed by atoms with Crippen molar-refractivity contribution < 1.29 is 18.6 Å². The van der Waals surface area contributed by atoms with E-state index in [1.54, 1.807) is 12.1 Å². The molecular formula is C26H27F2NO2. The second-order valence-electron chi connectivity index (χ2n) is 8.21. The summed E-state index contributed by atoms with van der Waals surface area (Å²) in [6.45, 7) is 3.42. The van der Waals surface area contributed by atoms with E-state index in [4.69, 9.17) is 4.74 Å². The maximum atomic E-state index is 13.4. The topological polar surface area (TPSA) is 32.7 Å². The zero-order valence-corrected chi connectivity index (χ0v) is 17.6. The quantitative estimate of drug-likeness (QED) is 0.562. The summed E-state index contributed by atoms with van der Waals surface area (Å²) in [6, 6.07) is 22.2. The number of halogens is 2. The van der Waals surface area contributed by atoms with E-state index < -0.39 is 12.0 Å². The number of rotatable bonds is 7. The molecule has 31 heavy (non-hydrogen) atoms. The Hall–Kier alpha value is -2.76. The molecule has 0 spiro atoms. The number of β-amino-alcohol motifs (C(OH)–C–C–N with tert-alkyl or cyclic N) is 1. The Labute approximate surface area is 181 Å². The van der Waals surface area contributed by atoms with Crippen LogP contribution in [-0.4, -0.2) is 35.8 Å². The van der Waals surface area contributed by atoms with Crippen molar-refractivity contribution in [2.75, 3.05) is 19.7 Å². The number of alkyl halides is 2. The molecule has 4 rings (SSSR count). The molecular weight excluding hydrogens is 396 g/mol. The smallest absolute Gasteiger partial charge is 0.270 e. The van der Waals surface area contributed by atoms with Gasteiger partial charge in [-0.05, 0) is 40.8 Å². The predicted octanol–water partition coefficient (Wildman–Crippen LogP) is 5.26. The van der Waals surface area contributed by atoms with E-state index in [0.29, 0.717) is 12.3 Å². The molecule has 1 N–H and O–H groups in total. The fraction of sp³-hybridized carbons (Fsp3) is 0.308. The van der Waals surface area contributed by atoms with Gasteiger partial charge in [0.25, 0.3) is 5.92 Å². The number of aliphatic hydroxyl groups excluding tert-OH is 1. The molecule has 0 aliphatic carbocycles. The standard InChI is InChI=1S/C26H27F2NO2/c1-26(27,28)23-11-9-20(10-12-23)21-7-4-8-25(15-21)31-18-24(30)17-29-14-13-19-5-2-3-6-22(19)16-29/h2-12,15,24,30H,13-14,16-18H2,1H3. The number of hydrogen-bond acceptors (Lipinski definition) is 3. The Bertz CT molecular complexity index is 1010. The van der Waals surface area contributed by atoms with Gasteiger partial charge in [0.1, 0.15) is 18.5 Å². The molecule has 5 heteroatoms. The van der Waals surface area contributed by atoms with Crippen molar-refractivity contribution in [3.05, 3.63) is 89.5 Å². The summed E-state index contributed by atoms with van der Waals surface area (Å²) >= 11 is 0.